The summed E-state index contributed by atoms with van der Waals surface area (Å²) in [7, 11) is 0. The zero-order chi connectivity index (χ0) is 18.5. The van der Waals surface area contributed by atoms with Crippen LogP contribution in [0, 0.1) is 0 Å². The number of carboxylic acids is 1. The number of aromatic nitrogens is 2. The van der Waals surface area contributed by atoms with Gasteiger partial charge in [0.25, 0.3) is 0 Å². The van der Waals surface area contributed by atoms with E-state index in [1.165, 1.54) is 4.68 Å². The van der Waals surface area contributed by atoms with Gasteiger partial charge in [0.05, 0.1) is 5.69 Å². The van der Waals surface area contributed by atoms with E-state index in [1.807, 2.05) is 6.07 Å². The zero-order valence-electron chi connectivity index (χ0n) is 14.2. The summed E-state index contributed by atoms with van der Waals surface area (Å²) in [5.74, 6) is -0.492. The van der Waals surface area contributed by atoms with E-state index in [-0.39, 0.29) is 18.2 Å². The standard InChI is InChI=1S/C18H21F2N3O3/c19-18(20)26-15-5-3-13(4-6-15)10-22-8-1-2-14(11-22)16-7-9-23(21-16)12-17(24)25/h3-7,9,14,18H,1-2,8,10-12H2,(H,24,25). The van der Waals surface area contributed by atoms with Crippen LogP contribution < -0.4 is 4.74 Å². The Morgan fingerprint density at radius 2 is 2.08 bits per heavy atom. The number of benzene rings is 1. The normalized spacial score (nSPS) is 18.2. The van der Waals surface area contributed by atoms with Crippen LogP contribution >= 0.6 is 0 Å². The largest absolute Gasteiger partial charge is 0.480 e. The number of hydrogen-bond acceptors (Lipinski definition) is 4. The van der Waals surface area contributed by atoms with Crippen LogP contribution in [0.3, 0.4) is 0 Å². The minimum Gasteiger partial charge on any atom is -0.480 e. The van der Waals surface area contributed by atoms with Gasteiger partial charge in [-0.3, -0.25) is 14.4 Å². The van der Waals surface area contributed by atoms with Crippen molar-refractivity contribution in [3.63, 3.8) is 0 Å². The first-order valence-electron chi connectivity index (χ1n) is 8.51. The highest BCUT2D eigenvalue weighted by atomic mass is 19.3. The quantitative estimate of drug-likeness (QED) is 0.817. The number of alkyl halides is 2. The molecule has 1 aromatic carbocycles. The van der Waals surface area contributed by atoms with Gasteiger partial charge in [-0.15, -0.1) is 0 Å². The molecule has 1 atom stereocenters. The van der Waals surface area contributed by atoms with Crippen molar-refractivity contribution in [2.75, 3.05) is 13.1 Å². The van der Waals surface area contributed by atoms with E-state index >= 15 is 0 Å². The Hall–Kier alpha value is -2.48. The highest BCUT2D eigenvalue weighted by molar-refractivity contribution is 5.66. The van der Waals surface area contributed by atoms with Gasteiger partial charge in [0.15, 0.2) is 0 Å². The number of hydrogen-bond donors (Lipinski definition) is 1. The maximum absolute atomic E-state index is 12.2. The van der Waals surface area contributed by atoms with Crippen molar-refractivity contribution in [2.45, 2.75) is 38.5 Å². The third kappa shape index (κ3) is 5.01. The predicted octanol–water partition coefficient (Wildman–Crippen LogP) is 2.95. The monoisotopic (exact) mass is 365 g/mol. The maximum Gasteiger partial charge on any atom is 0.387 e. The molecule has 26 heavy (non-hydrogen) atoms. The molecule has 0 spiro atoms. The van der Waals surface area contributed by atoms with E-state index in [9.17, 15) is 13.6 Å². The molecule has 3 rings (SSSR count). The first-order chi connectivity index (χ1) is 12.5. The van der Waals surface area contributed by atoms with Crippen LogP contribution in [0.25, 0.3) is 0 Å². The lowest BCUT2D eigenvalue weighted by molar-refractivity contribution is -0.137. The Labute approximate surface area is 150 Å². The van der Waals surface area contributed by atoms with Gasteiger partial charge in [-0.2, -0.15) is 13.9 Å². The lowest BCUT2D eigenvalue weighted by Crippen LogP contribution is -2.34. The number of aliphatic carboxylic acids is 1. The topological polar surface area (TPSA) is 67.6 Å². The number of nitrogens with zero attached hydrogens (tertiary/aromatic N) is 3. The van der Waals surface area contributed by atoms with Crippen LogP contribution in [0.2, 0.25) is 0 Å². The first-order valence-corrected chi connectivity index (χ1v) is 8.51. The van der Waals surface area contributed by atoms with Crippen LogP contribution in [-0.2, 0) is 17.9 Å². The Morgan fingerprint density at radius 3 is 2.77 bits per heavy atom. The molecule has 2 aromatic rings. The molecule has 0 amide bonds. The summed E-state index contributed by atoms with van der Waals surface area (Å²) < 4.78 is 30.2. The lowest BCUT2D eigenvalue weighted by Gasteiger charge is -2.32. The van der Waals surface area contributed by atoms with E-state index in [0.29, 0.717) is 0 Å². The van der Waals surface area contributed by atoms with Crippen molar-refractivity contribution in [3.8, 4) is 5.75 Å². The highest BCUT2D eigenvalue weighted by Gasteiger charge is 2.23. The number of ether oxygens (including phenoxy) is 1. The van der Waals surface area contributed by atoms with E-state index in [0.717, 1.165) is 43.7 Å². The van der Waals surface area contributed by atoms with Crippen LogP contribution in [0.5, 0.6) is 5.75 Å². The smallest absolute Gasteiger partial charge is 0.387 e. The molecule has 1 saturated heterocycles. The van der Waals surface area contributed by atoms with E-state index in [4.69, 9.17) is 5.11 Å². The average molecular weight is 365 g/mol. The fourth-order valence-corrected chi connectivity index (χ4v) is 3.30. The van der Waals surface area contributed by atoms with Crippen LogP contribution in [0.15, 0.2) is 36.5 Å². The Kier molecular flexibility index (Phi) is 5.82. The van der Waals surface area contributed by atoms with E-state index in [2.05, 4.69) is 14.7 Å². The molecule has 0 saturated carbocycles. The summed E-state index contributed by atoms with van der Waals surface area (Å²) >= 11 is 0. The molecule has 0 aliphatic carbocycles. The number of likely N-dealkylation sites (tertiary alicyclic amines) is 1. The highest BCUT2D eigenvalue weighted by Crippen LogP contribution is 2.27. The molecule has 1 N–H and O–H groups in total. The fourth-order valence-electron chi connectivity index (χ4n) is 3.30. The maximum atomic E-state index is 12.2. The number of rotatable bonds is 7. The van der Waals surface area contributed by atoms with Crippen LogP contribution in [0.1, 0.15) is 30.0 Å². The van der Waals surface area contributed by atoms with Crippen molar-refractivity contribution in [3.05, 3.63) is 47.8 Å². The summed E-state index contributed by atoms with van der Waals surface area (Å²) in [6, 6.07) is 8.58. The first kappa shape index (κ1) is 18.3. The van der Waals surface area contributed by atoms with Gasteiger partial charge in [-0.1, -0.05) is 12.1 Å². The lowest BCUT2D eigenvalue weighted by atomic mass is 9.94. The molecule has 6 nitrogen and oxygen atoms in total. The molecule has 0 radical (unpaired) electrons. The summed E-state index contributed by atoms with van der Waals surface area (Å²) in [6.45, 7) is -0.434. The van der Waals surface area contributed by atoms with E-state index < -0.39 is 12.6 Å². The summed E-state index contributed by atoms with van der Waals surface area (Å²) in [5, 5.41) is 13.2. The Bertz CT molecular complexity index is 734. The van der Waals surface area contributed by atoms with Gasteiger partial charge in [0.2, 0.25) is 0 Å². The molecule has 1 aliphatic rings. The van der Waals surface area contributed by atoms with Gasteiger partial charge >= 0.3 is 12.6 Å². The van der Waals surface area contributed by atoms with Gasteiger partial charge in [-0.05, 0) is 43.1 Å². The average Bonchev–Trinajstić information content (AvgIpc) is 3.04. The second-order valence-electron chi connectivity index (χ2n) is 6.43. The summed E-state index contributed by atoms with van der Waals surface area (Å²) in [5.41, 5.74) is 1.94. The van der Waals surface area contributed by atoms with Gasteiger partial charge in [0, 0.05) is 25.2 Å². The molecule has 1 fully saturated rings. The minimum absolute atomic E-state index is 0.135. The second kappa shape index (κ2) is 8.27. The molecule has 140 valence electrons. The van der Waals surface area contributed by atoms with Crippen molar-refractivity contribution in [2.24, 2.45) is 0 Å². The predicted molar refractivity (Wildman–Crippen MR) is 90.2 cm³/mol. The molecule has 1 unspecified atom stereocenters. The van der Waals surface area contributed by atoms with Crippen LogP contribution in [0.4, 0.5) is 8.78 Å². The van der Waals surface area contributed by atoms with E-state index in [1.54, 1.807) is 30.5 Å². The Balaban J connectivity index is 1.58. The van der Waals surface area contributed by atoms with Gasteiger partial charge in [-0.25, -0.2) is 0 Å². The fraction of sp³-hybridized carbons (Fsp3) is 0.444. The molecular weight excluding hydrogens is 344 g/mol. The van der Waals surface area contributed by atoms with Gasteiger partial charge in [0.1, 0.15) is 12.3 Å². The molecule has 8 heteroatoms. The third-order valence-electron chi connectivity index (χ3n) is 4.44. The number of carbonyl (C=O) groups is 1. The number of piperidine rings is 1. The summed E-state index contributed by atoms with van der Waals surface area (Å²) in [4.78, 5) is 13.1. The van der Waals surface area contributed by atoms with Crippen LogP contribution in [-0.4, -0.2) is 45.5 Å². The third-order valence-corrected chi connectivity index (χ3v) is 4.44. The van der Waals surface area contributed by atoms with Crippen molar-refractivity contribution >= 4 is 5.97 Å². The SMILES string of the molecule is O=C(O)Cn1ccc(C2CCCN(Cc3ccc(OC(F)F)cc3)C2)n1. The van der Waals surface area contributed by atoms with Crippen molar-refractivity contribution in [1.29, 1.82) is 0 Å². The summed E-state index contributed by atoms with van der Waals surface area (Å²) in [6.07, 6.45) is 3.74. The molecule has 1 aliphatic heterocycles. The molecular formula is C18H21F2N3O3. The van der Waals surface area contributed by atoms with Gasteiger partial charge < -0.3 is 9.84 Å². The van der Waals surface area contributed by atoms with Crippen molar-refractivity contribution < 1.29 is 23.4 Å². The molecule has 2 heterocycles. The number of carboxylic acid groups (broad SMARTS) is 1. The van der Waals surface area contributed by atoms with Crippen molar-refractivity contribution in [1.82, 2.24) is 14.7 Å². The Morgan fingerprint density at radius 1 is 1.31 bits per heavy atom. The second-order valence-corrected chi connectivity index (χ2v) is 6.43. The number of halogens is 2. The zero-order valence-corrected chi connectivity index (χ0v) is 14.2. The minimum atomic E-state index is -2.82. The molecule has 0 bridgehead atoms. The molecule has 1 aromatic heterocycles.